The van der Waals surface area contributed by atoms with Gasteiger partial charge in [-0.3, -0.25) is 19.7 Å². The maximum absolute atomic E-state index is 13.0. The lowest BCUT2D eigenvalue weighted by Crippen LogP contribution is -2.51. The van der Waals surface area contributed by atoms with Gasteiger partial charge in [-0.15, -0.1) is 0 Å². The van der Waals surface area contributed by atoms with Crippen LogP contribution in [-0.2, 0) is 19.1 Å². The second-order valence-electron chi connectivity index (χ2n) is 12.4. The van der Waals surface area contributed by atoms with Crippen LogP contribution in [0.1, 0.15) is 92.4 Å². The molecular formula is C28H41NO6. The van der Waals surface area contributed by atoms with E-state index in [-0.39, 0.29) is 70.0 Å². The fourth-order valence-electron chi connectivity index (χ4n) is 9.03. The summed E-state index contributed by atoms with van der Waals surface area (Å²) in [6, 6.07) is -0.849. The van der Waals surface area contributed by atoms with Crippen molar-refractivity contribution in [1.82, 2.24) is 0 Å². The van der Waals surface area contributed by atoms with E-state index in [9.17, 15) is 24.5 Å². The number of ether oxygens (including phenoxy) is 1. The highest BCUT2D eigenvalue weighted by molar-refractivity contribution is 5.80. The number of fused-ring (bicyclic) bond motifs is 5. The summed E-state index contributed by atoms with van der Waals surface area (Å²) in [5, 5.41) is 12.1. The van der Waals surface area contributed by atoms with E-state index in [0.29, 0.717) is 18.3 Å². The lowest BCUT2D eigenvalue weighted by Gasteiger charge is -2.58. The molecular weight excluding hydrogens is 446 g/mol. The van der Waals surface area contributed by atoms with Crippen LogP contribution in [0.25, 0.3) is 0 Å². The maximum atomic E-state index is 13.0. The van der Waals surface area contributed by atoms with E-state index < -0.39 is 6.04 Å². The molecule has 1 unspecified atom stereocenters. The van der Waals surface area contributed by atoms with Gasteiger partial charge in [-0.2, -0.15) is 0 Å². The van der Waals surface area contributed by atoms with E-state index in [2.05, 4.69) is 19.9 Å². The molecule has 0 radical (unpaired) electrons. The van der Waals surface area contributed by atoms with Gasteiger partial charge < -0.3 is 9.53 Å². The molecule has 0 aliphatic heterocycles. The molecule has 9 atom stereocenters. The van der Waals surface area contributed by atoms with Gasteiger partial charge in [-0.1, -0.05) is 25.5 Å². The summed E-state index contributed by atoms with van der Waals surface area (Å²) in [5.41, 5.74) is 1.22. The van der Waals surface area contributed by atoms with Gasteiger partial charge in [-0.25, -0.2) is 0 Å². The Morgan fingerprint density at radius 2 is 1.86 bits per heavy atom. The second kappa shape index (κ2) is 9.44. The Balaban J connectivity index is 1.63. The molecule has 7 nitrogen and oxygen atoms in total. The average molecular weight is 488 g/mol. The third kappa shape index (κ3) is 4.48. The van der Waals surface area contributed by atoms with Gasteiger partial charge in [0.05, 0.1) is 0 Å². The third-order valence-electron chi connectivity index (χ3n) is 10.5. The summed E-state index contributed by atoms with van der Waals surface area (Å²) >= 11 is 0. The number of esters is 1. The van der Waals surface area contributed by atoms with Gasteiger partial charge in [0.1, 0.15) is 17.7 Å². The van der Waals surface area contributed by atoms with E-state index >= 15 is 0 Å². The van der Waals surface area contributed by atoms with Crippen molar-refractivity contribution in [3.63, 3.8) is 0 Å². The molecule has 0 aromatic carbocycles. The summed E-state index contributed by atoms with van der Waals surface area (Å²) in [7, 11) is 0. The molecule has 4 aliphatic rings. The van der Waals surface area contributed by atoms with Crippen LogP contribution >= 0.6 is 0 Å². The van der Waals surface area contributed by atoms with Crippen molar-refractivity contribution < 1.29 is 24.0 Å². The maximum Gasteiger partial charge on any atom is 0.302 e. The van der Waals surface area contributed by atoms with Crippen LogP contribution in [0.5, 0.6) is 0 Å². The van der Waals surface area contributed by atoms with Crippen LogP contribution in [0.4, 0.5) is 0 Å². The molecule has 4 aliphatic carbocycles. The molecule has 0 spiro atoms. The number of nitro groups is 1. The first-order valence-electron chi connectivity index (χ1n) is 13.4. The third-order valence-corrected chi connectivity index (χ3v) is 10.5. The van der Waals surface area contributed by atoms with E-state index in [0.717, 1.165) is 38.5 Å². The first kappa shape index (κ1) is 26.0. The first-order chi connectivity index (χ1) is 16.4. The fraction of sp³-hybridized carbons (Fsp3) is 0.821. The van der Waals surface area contributed by atoms with Gasteiger partial charge in [0.2, 0.25) is 6.04 Å². The van der Waals surface area contributed by atoms with Gasteiger partial charge in [0.15, 0.2) is 0 Å². The minimum atomic E-state index is -0.849. The predicted molar refractivity (Wildman–Crippen MR) is 131 cm³/mol. The van der Waals surface area contributed by atoms with Crippen LogP contribution in [0.15, 0.2) is 11.6 Å². The summed E-state index contributed by atoms with van der Waals surface area (Å²) in [5.74, 6) is 0.311. The average Bonchev–Trinajstić information content (AvgIpc) is 3.06. The second-order valence-corrected chi connectivity index (χ2v) is 12.4. The fourth-order valence-corrected chi connectivity index (χ4v) is 9.03. The van der Waals surface area contributed by atoms with Crippen molar-refractivity contribution in [3.05, 3.63) is 21.8 Å². The van der Waals surface area contributed by atoms with Gasteiger partial charge >= 0.3 is 5.97 Å². The Labute approximate surface area is 208 Å². The largest absolute Gasteiger partial charge is 0.462 e. The van der Waals surface area contributed by atoms with Crippen molar-refractivity contribution in [1.29, 1.82) is 0 Å². The molecule has 0 saturated heterocycles. The normalized spacial score (nSPS) is 41.0. The summed E-state index contributed by atoms with van der Waals surface area (Å²) in [4.78, 5) is 48.1. The molecule has 0 N–H and O–H groups in total. The molecule has 4 rings (SSSR count). The van der Waals surface area contributed by atoms with Crippen molar-refractivity contribution in [3.8, 4) is 0 Å². The van der Waals surface area contributed by atoms with Gasteiger partial charge in [0.25, 0.3) is 0 Å². The van der Waals surface area contributed by atoms with Gasteiger partial charge in [-0.05, 0) is 81.0 Å². The van der Waals surface area contributed by atoms with Crippen molar-refractivity contribution >= 4 is 17.5 Å². The molecule has 0 aromatic heterocycles. The molecule has 0 bridgehead atoms. The Morgan fingerprint density at radius 1 is 1.14 bits per heavy atom. The Bertz CT molecular complexity index is 942. The number of ketones is 2. The monoisotopic (exact) mass is 487 g/mol. The first-order valence-corrected chi connectivity index (χ1v) is 13.4. The predicted octanol–water partition coefficient (Wildman–Crippen LogP) is 5.33. The minimum absolute atomic E-state index is 0.0415. The number of carbonyl (C=O) groups is 3. The number of hydrogen-bond donors (Lipinski definition) is 0. The molecule has 3 fully saturated rings. The summed E-state index contributed by atoms with van der Waals surface area (Å²) in [6.45, 7) is 9.13. The smallest absolute Gasteiger partial charge is 0.302 e. The highest BCUT2D eigenvalue weighted by Crippen LogP contribution is 2.68. The van der Waals surface area contributed by atoms with Crippen LogP contribution < -0.4 is 0 Å². The van der Waals surface area contributed by atoms with E-state index in [1.807, 2.05) is 0 Å². The SMILES string of the molecule is CC(=O)CC[C@H]([C@@H]1C[C@H]2[C@@H]3CC=C4C[C@@H](OC(C)=O)CC[C@]4(C)[C@H]3CC[C@]2(C)C1C(C)=O)[N+](=O)[O-]. The molecule has 35 heavy (non-hydrogen) atoms. The van der Waals surface area contributed by atoms with E-state index in [1.165, 1.54) is 19.4 Å². The Hall–Kier alpha value is -2.05. The molecule has 0 heterocycles. The lowest BCUT2D eigenvalue weighted by atomic mass is 9.47. The number of hydrogen-bond acceptors (Lipinski definition) is 6. The molecule has 0 amide bonds. The van der Waals surface area contributed by atoms with E-state index in [1.54, 1.807) is 6.92 Å². The number of rotatable bonds is 7. The Morgan fingerprint density at radius 3 is 2.46 bits per heavy atom. The number of Topliss-reactive ketones (excluding diaryl/α,β-unsaturated/α-hetero) is 2. The quantitative estimate of drug-likeness (QED) is 0.208. The molecule has 3 saturated carbocycles. The van der Waals surface area contributed by atoms with Crippen molar-refractivity contribution in [2.24, 2.45) is 40.4 Å². The Kier molecular flexibility index (Phi) is 7.02. The minimum Gasteiger partial charge on any atom is -0.462 e. The van der Waals surface area contributed by atoms with Crippen molar-refractivity contribution in [2.45, 2.75) is 105 Å². The summed E-state index contributed by atoms with van der Waals surface area (Å²) in [6.07, 6.45) is 8.93. The van der Waals surface area contributed by atoms with Crippen LogP contribution in [0.2, 0.25) is 0 Å². The number of nitrogens with zero attached hydrogens (tertiary/aromatic N) is 1. The van der Waals surface area contributed by atoms with Crippen LogP contribution in [0, 0.1) is 50.5 Å². The zero-order valence-electron chi connectivity index (χ0n) is 21.9. The zero-order valence-corrected chi connectivity index (χ0v) is 21.9. The van der Waals surface area contributed by atoms with Crippen molar-refractivity contribution in [2.75, 3.05) is 0 Å². The summed E-state index contributed by atoms with van der Waals surface area (Å²) < 4.78 is 5.54. The number of carbonyl (C=O) groups excluding carboxylic acids is 3. The number of allylic oxidation sites excluding steroid dienone is 1. The molecule has 194 valence electrons. The van der Waals surface area contributed by atoms with Gasteiger partial charge in [0, 0.05) is 42.9 Å². The standard InChI is InChI=1S/C28H41NO6/c1-16(30)6-9-25(29(33)34)22-15-24-21-8-7-19-14-20(35-18(3)32)10-12-27(19,4)23(21)11-13-28(24,5)26(22)17(2)31/h7,20-26H,6,8-15H2,1-5H3/t20-,21+,22-,23-,24-,25+,26?,27-,28-/m0/s1. The van der Waals surface area contributed by atoms with E-state index in [4.69, 9.17) is 4.74 Å². The topological polar surface area (TPSA) is 104 Å². The molecule has 7 heteroatoms. The lowest BCUT2D eigenvalue weighted by molar-refractivity contribution is -0.534. The molecule has 0 aromatic rings. The zero-order chi connectivity index (χ0) is 25.7. The highest BCUT2D eigenvalue weighted by Gasteiger charge is 2.64. The highest BCUT2D eigenvalue weighted by atomic mass is 16.6. The van der Waals surface area contributed by atoms with Crippen LogP contribution in [0.3, 0.4) is 0 Å². The van der Waals surface area contributed by atoms with Crippen LogP contribution in [-0.4, -0.2) is 34.6 Å².